The number of hydrogen-bond donors (Lipinski definition) is 1. The van der Waals surface area contributed by atoms with Gasteiger partial charge in [0.05, 0.1) is 18.0 Å². The lowest BCUT2D eigenvalue weighted by molar-refractivity contribution is -0.114. The molecule has 0 atom stereocenters. The molecule has 0 heterocycles. The Balaban J connectivity index is 2.18. The van der Waals surface area contributed by atoms with Crippen LogP contribution in [0.1, 0.15) is 40.2 Å². The van der Waals surface area contributed by atoms with Gasteiger partial charge in [0.15, 0.2) is 0 Å². The van der Waals surface area contributed by atoms with E-state index in [4.69, 9.17) is 4.74 Å². The standard InChI is InChI=1S/C22H30N2O4S/c1-16(2)28-20-9-7-8-18(14-20)23-21(25)15-24(29(6,26)27)19-12-10-17(11-13-19)22(3,4)5/h7-14,16H,15H2,1-6H3,(H,23,25). The van der Waals surface area contributed by atoms with Gasteiger partial charge >= 0.3 is 0 Å². The number of nitrogens with zero attached hydrogens (tertiary/aromatic N) is 1. The van der Waals surface area contributed by atoms with Gasteiger partial charge in [-0.05, 0) is 49.1 Å². The summed E-state index contributed by atoms with van der Waals surface area (Å²) >= 11 is 0. The Morgan fingerprint density at radius 2 is 1.72 bits per heavy atom. The van der Waals surface area contributed by atoms with Gasteiger partial charge in [-0.3, -0.25) is 9.10 Å². The number of carbonyl (C=O) groups is 1. The van der Waals surface area contributed by atoms with Gasteiger partial charge in [0, 0.05) is 11.8 Å². The van der Waals surface area contributed by atoms with Crippen molar-refractivity contribution < 1.29 is 17.9 Å². The maximum Gasteiger partial charge on any atom is 0.245 e. The molecule has 1 N–H and O–H groups in total. The van der Waals surface area contributed by atoms with Crippen LogP contribution in [0.4, 0.5) is 11.4 Å². The molecule has 2 rings (SSSR count). The number of ether oxygens (including phenoxy) is 1. The minimum absolute atomic E-state index is 0.0118. The zero-order chi connectivity index (χ0) is 21.8. The predicted molar refractivity (Wildman–Crippen MR) is 118 cm³/mol. The summed E-state index contributed by atoms with van der Waals surface area (Å²) in [6, 6.07) is 14.2. The molecule has 2 aromatic rings. The number of carbonyl (C=O) groups excluding carboxylic acids is 1. The van der Waals surface area contributed by atoms with Crippen molar-refractivity contribution in [1.82, 2.24) is 0 Å². The van der Waals surface area contributed by atoms with E-state index in [1.165, 1.54) is 0 Å². The second-order valence-corrected chi connectivity index (χ2v) is 10.2. The summed E-state index contributed by atoms with van der Waals surface area (Å²) in [6.07, 6.45) is 1.10. The molecule has 0 aromatic heterocycles. The molecule has 0 aliphatic heterocycles. The molecular formula is C22H30N2O4S. The van der Waals surface area contributed by atoms with Crippen LogP contribution in [0.25, 0.3) is 0 Å². The lowest BCUT2D eigenvalue weighted by atomic mass is 9.87. The summed E-state index contributed by atoms with van der Waals surface area (Å²) in [4.78, 5) is 12.5. The van der Waals surface area contributed by atoms with E-state index in [1.807, 2.05) is 26.0 Å². The average molecular weight is 419 g/mol. The fraction of sp³-hybridized carbons (Fsp3) is 0.409. The third-order valence-electron chi connectivity index (χ3n) is 4.20. The Kier molecular flexibility index (Phi) is 6.95. The summed E-state index contributed by atoms with van der Waals surface area (Å²) in [5, 5.41) is 2.74. The lowest BCUT2D eigenvalue weighted by Crippen LogP contribution is -2.37. The van der Waals surface area contributed by atoms with E-state index in [-0.39, 0.29) is 18.1 Å². The van der Waals surface area contributed by atoms with Crippen molar-refractivity contribution in [3.8, 4) is 5.75 Å². The smallest absolute Gasteiger partial charge is 0.245 e. The molecule has 0 saturated carbocycles. The third-order valence-corrected chi connectivity index (χ3v) is 5.34. The first-order chi connectivity index (χ1) is 13.4. The minimum Gasteiger partial charge on any atom is -0.491 e. The molecule has 0 unspecified atom stereocenters. The van der Waals surface area contributed by atoms with Crippen molar-refractivity contribution in [3.05, 3.63) is 54.1 Å². The van der Waals surface area contributed by atoms with Gasteiger partial charge in [-0.25, -0.2) is 8.42 Å². The number of amides is 1. The third kappa shape index (κ3) is 6.78. The number of benzene rings is 2. The molecule has 0 spiro atoms. The zero-order valence-corrected chi connectivity index (χ0v) is 18.7. The Hall–Kier alpha value is -2.54. The Bertz CT molecular complexity index is 946. The van der Waals surface area contributed by atoms with E-state index in [9.17, 15) is 13.2 Å². The number of sulfonamides is 1. The van der Waals surface area contributed by atoms with Gasteiger partial charge in [-0.1, -0.05) is 39.0 Å². The van der Waals surface area contributed by atoms with Crippen LogP contribution in [-0.4, -0.2) is 33.2 Å². The number of hydrogen-bond acceptors (Lipinski definition) is 4. The molecule has 7 heteroatoms. The van der Waals surface area contributed by atoms with E-state index >= 15 is 0 Å². The van der Waals surface area contributed by atoms with E-state index in [0.717, 1.165) is 16.1 Å². The molecule has 0 saturated heterocycles. The molecule has 6 nitrogen and oxygen atoms in total. The molecule has 0 aliphatic carbocycles. The van der Waals surface area contributed by atoms with Gasteiger partial charge in [-0.2, -0.15) is 0 Å². The summed E-state index contributed by atoms with van der Waals surface area (Å²) < 4.78 is 31.3. The van der Waals surface area contributed by atoms with Crippen LogP contribution in [0.2, 0.25) is 0 Å². The Labute approximate surface area is 173 Å². The SMILES string of the molecule is CC(C)Oc1cccc(NC(=O)CN(c2ccc(C(C)(C)C)cc2)S(C)(=O)=O)c1. The predicted octanol–water partition coefficient (Wildman–Crippen LogP) is 4.18. The first kappa shape index (κ1) is 22.7. The maximum absolute atomic E-state index is 12.5. The molecular weight excluding hydrogens is 388 g/mol. The molecule has 29 heavy (non-hydrogen) atoms. The Morgan fingerprint density at radius 1 is 1.10 bits per heavy atom. The fourth-order valence-corrected chi connectivity index (χ4v) is 3.63. The first-order valence-corrected chi connectivity index (χ1v) is 11.4. The average Bonchev–Trinajstić information content (AvgIpc) is 2.58. The van der Waals surface area contributed by atoms with Crippen LogP contribution < -0.4 is 14.4 Å². The van der Waals surface area contributed by atoms with Crippen molar-refractivity contribution in [2.45, 2.75) is 46.1 Å². The van der Waals surface area contributed by atoms with E-state index in [1.54, 1.807) is 36.4 Å². The zero-order valence-electron chi connectivity index (χ0n) is 17.9. The van der Waals surface area contributed by atoms with Crippen LogP contribution in [0, 0.1) is 0 Å². The van der Waals surface area contributed by atoms with Crippen LogP contribution >= 0.6 is 0 Å². The van der Waals surface area contributed by atoms with Crippen molar-refractivity contribution >= 4 is 27.3 Å². The molecule has 158 valence electrons. The van der Waals surface area contributed by atoms with E-state index < -0.39 is 15.9 Å². The van der Waals surface area contributed by atoms with Gasteiger partial charge in [0.25, 0.3) is 0 Å². The van der Waals surface area contributed by atoms with Crippen LogP contribution in [0.3, 0.4) is 0 Å². The highest BCUT2D eigenvalue weighted by molar-refractivity contribution is 7.92. The highest BCUT2D eigenvalue weighted by Gasteiger charge is 2.22. The van der Waals surface area contributed by atoms with Crippen molar-refractivity contribution in [2.24, 2.45) is 0 Å². The lowest BCUT2D eigenvalue weighted by Gasteiger charge is -2.24. The molecule has 0 bridgehead atoms. The largest absolute Gasteiger partial charge is 0.491 e. The minimum atomic E-state index is -3.63. The monoisotopic (exact) mass is 418 g/mol. The van der Waals surface area contributed by atoms with E-state index in [0.29, 0.717) is 17.1 Å². The van der Waals surface area contributed by atoms with Gasteiger partial charge < -0.3 is 10.1 Å². The van der Waals surface area contributed by atoms with Crippen molar-refractivity contribution in [2.75, 3.05) is 22.4 Å². The van der Waals surface area contributed by atoms with Crippen LogP contribution in [0.15, 0.2) is 48.5 Å². The number of anilines is 2. The normalized spacial score (nSPS) is 12.0. The van der Waals surface area contributed by atoms with Gasteiger partial charge in [0.1, 0.15) is 12.3 Å². The summed E-state index contributed by atoms with van der Waals surface area (Å²) in [7, 11) is -3.63. The van der Waals surface area contributed by atoms with Crippen molar-refractivity contribution in [3.63, 3.8) is 0 Å². The number of nitrogens with one attached hydrogen (secondary N) is 1. The van der Waals surface area contributed by atoms with Crippen LogP contribution in [0.5, 0.6) is 5.75 Å². The maximum atomic E-state index is 12.5. The fourth-order valence-electron chi connectivity index (χ4n) is 2.78. The Morgan fingerprint density at radius 3 is 2.24 bits per heavy atom. The number of rotatable bonds is 7. The first-order valence-electron chi connectivity index (χ1n) is 9.51. The highest BCUT2D eigenvalue weighted by atomic mass is 32.2. The van der Waals surface area contributed by atoms with Gasteiger partial charge in [0.2, 0.25) is 15.9 Å². The second kappa shape index (κ2) is 8.86. The molecule has 0 fully saturated rings. The molecule has 2 aromatic carbocycles. The summed E-state index contributed by atoms with van der Waals surface area (Å²) in [5.74, 6) is 0.201. The highest BCUT2D eigenvalue weighted by Crippen LogP contribution is 2.26. The molecule has 1 amide bonds. The summed E-state index contributed by atoms with van der Waals surface area (Å²) in [6.45, 7) is 9.77. The van der Waals surface area contributed by atoms with Crippen molar-refractivity contribution in [1.29, 1.82) is 0 Å². The molecule has 0 aliphatic rings. The topological polar surface area (TPSA) is 75.7 Å². The van der Waals surface area contributed by atoms with E-state index in [2.05, 4.69) is 26.1 Å². The second-order valence-electron chi connectivity index (χ2n) is 8.31. The van der Waals surface area contributed by atoms with Crippen LogP contribution in [-0.2, 0) is 20.2 Å². The summed E-state index contributed by atoms with van der Waals surface area (Å²) in [5.41, 5.74) is 2.04. The van der Waals surface area contributed by atoms with Gasteiger partial charge in [-0.15, -0.1) is 0 Å². The molecule has 0 radical (unpaired) electrons. The quantitative estimate of drug-likeness (QED) is 0.732.